The van der Waals surface area contributed by atoms with E-state index in [0.717, 1.165) is 12.5 Å². The van der Waals surface area contributed by atoms with Crippen molar-refractivity contribution >= 4 is 52.6 Å². The van der Waals surface area contributed by atoms with Crippen LogP contribution < -0.4 is 5.32 Å². The normalized spacial score (nSPS) is 18.9. The Kier molecular flexibility index (Phi) is 5.96. The van der Waals surface area contributed by atoms with Crippen molar-refractivity contribution < 1.29 is 23.3 Å². The number of amides is 4. The molecule has 1 N–H and O–H groups in total. The first-order chi connectivity index (χ1) is 12.9. The number of anilines is 1. The third-order valence-corrected chi connectivity index (χ3v) is 5.55. The zero-order valence-corrected chi connectivity index (χ0v) is 16.1. The Morgan fingerprint density at radius 3 is 2.89 bits per heavy atom. The minimum absolute atomic E-state index is 0.0647. The number of rotatable bonds is 6. The van der Waals surface area contributed by atoms with Crippen molar-refractivity contribution in [1.82, 2.24) is 4.90 Å². The van der Waals surface area contributed by atoms with E-state index in [1.54, 1.807) is 11.5 Å². The van der Waals surface area contributed by atoms with E-state index in [-0.39, 0.29) is 23.2 Å². The van der Waals surface area contributed by atoms with Crippen LogP contribution in [0.2, 0.25) is 5.02 Å². The van der Waals surface area contributed by atoms with Crippen LogP contribution >= 0.6 is 23.4 Å². The van der Waals surface area contributed by atoms with Gasteiger partial charge in [-0.05, 0) is 36.1 Å². The summed E-state index contributed by atoms with van der Waals surface area (Å²) in [6.45, 7) is 2.03. The molecule has 4 amide bonds. The van der Waals surface area contributed by atoms with Gasteiger partial charge in [-0.2, -0.15) is 14.3 Å². The highest BCUT2D eigenvalue weighted by atomic mass is 35.5. The minimum atomic E-state index is -0.513. The Morgan fingerprint density at radius 2 is 2.19 bits per heavy atom. The van der Waals surface area contributed by atoms with E-state index in [9.17, 15) is 18.8 Å². The Hall–Kier alpha value is -2.19. The predicted molar refractivity (Wildman–Crippen MR) is 103 cm³/mol. The summed E-state index contributed by atoms with van der Waals surface area (Å²) in [5.41, 5.74) is 0.757. The van der Waals surface area contributed by atoms with Crippen molar-refractivity contribution in [3.05, 3.63) is 40.5 Å². The number of imide groups is 1. The quantitative estimate of drug-likeness (QED) is 0.731. The highest BCUT2D eigenvalue weighted by Gasteiger charge is 2.49. The number of halogens is 2. The van der Waals surface area contributed by atoms with Gasteiger partial charge in [-0.25, -0.2) is 9.18 Å². The van der Waals surface area contributed by atoms with Crippen LogP contribution in [0.5, 0.6) is 0 Å². The van der Waals surface area contributed by atoms with Crippen molar-refractivity contribution in [1.29, 1.82) is 0 Å². The molecule has 2 heterocycles. The van der Waals surface area contributed by atoms with Crippen molar-refractivity contribution in [2.24, 2.45) is 0 Å². The standard InChI is InChI=1S/C18H17ClFN3O3S/c1-2-3-7-22-17(25)16-14(6-8-27-16)23(18(22)26)10-15(24)21-13-5-4-11(20)9-12(13)19/h4-6,8-9,16H,2-3,7,10H2,1H3/p+1. The van der Waals surface area contributed by atoms with Crippen LogP contribution in [0.15, 0.2) is 29.7 Å². The van der Waals surface area contributed by atoms with Gasteiger partial charge in [0.15, 0.2) is 11.8 Å². The number of urea groups is 1. The van der Waals surface area contributed by atoms with E-state index in [4.69, 9.17) is 11.6 Å². The Morgan fingerprint density at radius 1 is 1.41 bits per heavy atom. The fourth-order valence-corrected chi connectivity index (χ4v) is 4.04. The molecule has 0 saturated heterocycles. The molecule has 0 aromatic heterocycles. The maximum atomic E-state index is 13.1. The predicted octanol–water partition coefficient (Wildman–Crippen LogP) is 3.26. The molecule has 3 rings (SSSR count). The molecule has 6 nitrogen and oxygen atoms in total. The summed E-state index contributed by atoms with van der Waals surface area (Å²) >= 11 is 7.24. The van der Waals surface area contributed by atoms with Gasteiger partial charge >= 0.3 is 11.9 Å². The fraction of sp³-hybridized carbons (Fsp3) is 0.333. The largest absolute Gasteiger partial charge is 0.501 e. The zero-order chi connectivity index (χ0) is 19.6. The van der Waals surface area contributed by atoms with Crippen LogP contribution in [-0.4, -0.2) is 51.4 Å². The third-order valence-electron chi connectivity index (χ3n) is 4.23. The molecule has 1 atom stereocenters. The first kappa shape index (κ1) is 19.6. The SMILES string of the molecule is CCCCN1C(=O)C2SC=CC2=[N+](CC(=O)Nc2ccc(F)cc2Cl)C1=O. The summed E-state index contributed by atoms with van der Waals surface area (Å²) in [6, 6.07) is 3.12. The molecular weight excluding hydrogens is 393 g/mol. The number of unbranched alkanes of at least 4 members (excludes halogenated alkanes) is 1. The van der Waals surface area contributed by atoms with Crippen LogP contribution in [0.4, 0.5) is 14.9 Å². The molecule has 0 bridgehead atoms. The number of carbonyl (C=O) groups excluding carboxylic acids is 3. The van der Waals surface area contributed by atoms with Crippen LogP contribution in [0.1, 0.15) is 19.8 Å². The lowest BCUT2D eigenvalue weighted by atomic mass is 10.1. The number of allylic oxidation sites excluding steroid dienone is 1. The summed E-state index contributed by atoms with van der Waals surface area (Å²) in [6.07, 6.45) is 3.22. The van der Waals surface area contributed by atoms with E-state index >= 15 is 0 Å². The Bertz CT molecular complexity index is 871. The van der Waals surface area contributed by atoms with Crippen molar-refractivity contribution in [2.75, 3.05) is 18.4 Å². The second kappa shape index (κ2) is 8.22. The second-order valence-electron chi connectivity index (χ2n) is 6.13. The zero-order valence-electron chi connectivity index (χ0n) is 14.6. The van der Waals surface area contributed by atoms with Gasteiger partial charge in [-0.15, -0.1) is 11.8 Å². The maximum absolute atomic E-state index is 13.1. The topological polar surface area (TPSA) is 69.5 Å². The van der Waals surface area contributed by atoms with E-state index < -0.39 is 23.0 Å². The van der Waals surface area contributed by atoms with Crippen molar-refractivity contribution in [3.8, 4) is 0 Å². The van der Waals surface area contributed by atoms with Gasteiger partial charge in [0.2, 0.25) is 0 Å². The molecule has 0 spiro atoms. The van der Waals surface area contributed by atoms with Gasteiger partial charge in [0.25, 0.3) is 5.91 Å². The number of nitrogens with one attached hydrogen (secondary N) is 1. The van der Waals surface area contributed by atoms with Gasteiger partial charge < -0.3 is 5.32 Å². The lowest BCUT2D eigenvalue weighted by Gasteiger charge is -2.24. The number of hydrogen-bond acceptors (Lipinski definition) is 4. The average molecular weight is 411 g/mol. The molecule has 1 aromatic carbocycles. The lowest BCUT2D eigenvalue weighted by molar-refractivity contribution is -0.425. The monoisotopic (exact) mass is 410 g/mol. The smallest absolute Gasteiger partial charge is 0.321 e. The van der Waals surface area contributed by atoms with E-state index in [1.165, 1.54) is 33.4 Å². The van der Waals surface area contributed by atoms with Gasteiger partial charge in [-0.3, -0.25) is 4.79 Å². The van der Waals surface area contributed by atoms with E-state index in [1.807, 2.05) is 6.92 Å². The second-order valence-corrected chi connectivity index (χ2v) is 7.55. The van der Waals surface area contributed by atoms with Crippen LogP contribution in [0, 0.1) is 5.82 Å². The number of benzene rings is 1. The molecule has 0 saturated carbocycles. The van der Waals surface area contributed by atoms with Gasteiger partial charge in [0, 0.05) is 0 Å². The van der Waals surface area contributed by atoms with Crippen LogP contribution in [-0.2, 0) is 9.59 Å². The molecule has 1 aromatic rings. The molecule has 0 fully saturated rings. The van der Waals surface area contributed by atoms with E-state index in [0.29, 0.717) is 18.7 Å². The third kappa shape index (κ3) is 4.06. The van der Waals surface area contributed by atoms with Crippen LogP contribution in [0.3, 0.4) is 0 Å². The molecule has 0 radical (unpaired) electrons. The summed E-state index contributed by atoms with van der Waals surface area (Å²) in [4.78, 5) is 39.0. The van der Waals surface area contributed by atoms with Crippen molar-refractivity contribution in [3.63, 3.8) is 0 Å². The molecule has 142 valence electrons. The first-order valence-electron chi connectivity index (χ1n) is 8.49. The number of carbonyl (C=O) groups is 3. The molecule has 9 heteroatoms. The van der Waals surface area contributed by atoms with Gasteiger partial charge in [-0.1, -0.05) is 24.9 Å². The molecule has 0 aliphatic carbocycles. The Labute approximate surface area is 165 Å². The number of hydrogen-bond donors (Lipinski definition) is 1. The maximum Gasteiger partial charge on any atom is 0.501 e. The highest BCUT2D eigenvalue weighted by molar-refractivity contribution is 8.04. The first-order valence-corrected chi connectivity index (χ1v) is 9.81. The number of nitrogens with zero attached hydrogens (tertiary/aromatic N) is 2. The average Bonchev–Trinajstić information content (AvgIpc) is 3.11. The van der Waals surface area contributed by atoms with Gasteiger partial charge in [0.05, 0.1) is 17.3 Å². The van der Waals surface area contributed by atoms with E-state index in [2.05, 4.69) is 5.32 Å². The Balaban J connectivity index is 1.81. The fourth-order valence-electron chi connectivity index (χ4n) is 2.86. The van der Waals surface area contributed by atoms with Crippen molar-refractivity contribution in [2.45, 2.75) is 25.0 Å². The highest BCUT2D eigenvalue weighted by Crippen LogP contribution is 2.28. The van der Waals surface area contributed by atoms with Gasteiger partial charge in [0.1, 0.15) is 11.5 Å². The number of fused-ring (bicyclic) bond motifs is 1. The molecule has 27 heavy (non-hydrogen) atoms. The number of thioether (sulfide) groups is 1. The molecular formula is C18H18ClFN3O3S+. The summed E-state index contributed by atoms with van der Waals surface area (Å²) in [5, 5.41) is 3.87. The summed E-state index contributed by atoms with van der Waals surface area (Å²) < 4.78 is 14.4. The minimum Gasteiger partial charge on any atom is -0.321 e. The summed E-state index contributed by atoms with van der Waals surface area (Å²) in [7, 11) is 0. The summed E-state index contributed by atoms with van der Waals surface area (Å²) in [5.74, 6) is -1.25. The molecule has 1 unspecified atom stereocenters. The van der Waals surface area contributed by atoms with Crippen LogP contribution in [0.25, 0.3) is 0 Å². The lowest BCUT2D eigenvalue weighted by Crippen LogP contribution is -2.56. The molecule has 2 aliphatic heterocycles. The molecule has 2 aliphatic rings.